The van der Waals surface area contributed by atoms with Crippen LogP contribution in [0.2, 0.25) is 0 Å². The second-order valence-electron chi connectivity index (χ2n) is 6.26. The van der Waals surface area contributed by atoms with Gasteiger partial charge in [-0.1, -0.05) is 6.07 Å². The number of thiophene rings is 1. The lowest BCUT2D eigenvalue weighted by atomic mass is 10.1. The second kappa shape index (κ2) is 9.75. The molecule has 2 aromatic rings. The molecule has 1 aromatic carbocycles. The van der Waals surface area contributed by atoms with Gasteiger partial charge in [-0.15, -0.1) is 11.3 Å². The van der Waals surface area contributed by atoms with E-state index in [1.807, 2.05) is 6.07 Å². The molecule has 29 heavy (non-hydrogen) atoms. The van der Waals surface area contributed by atoms with Gasteiger partial charge in [0.2, 0.25) is 5.91 Å². The van der Waals surface area contributed by atoms with Crippen LogP contribution >= 0.6 is 11.3 Å². The third kappa shape index (κ3) is 5.36. The van der Waals surface area contributed by atoms with Crippen molar-refractivity contribution in [3.8, 4) is 17.6 Å². The quantitative estimate of drug-likeness (QED) is 0.540. The molecule has 0 saturated heterocycles. The number of benzene rings is 1. The van der Waals surface area contributed by atoms with Crippen molar-refractivity contribution in [2.45, 2.75) is 26.9 Å². The standard InChI is InChI=1S/C21H22N2O5S/c1-12(2)28-21(25)19-13(3)15(11-22)20(29-19)23-18(24)9-7-14-6-8-16(26-4)17(10-14)27-5/h6-10,12H,1-5H3,(H,23,24). The van der Waals surface area contributed by atoms with Gasteiger partial charge in [-0.2, -0.15) is 5.26 Å². The number of nitrogens with one attached hydrogen (secondary N) is 1. The Morgan fingerprint density at radius 1 is 1.21 bits per heavy atom. The zero-order valence-corrected chi connectivity index (χ0v) is 17.7. The van der Waals surface area contributed by atoms with Gasteiger partial charge in [-0.3, -0.25) is 4.79 Å². The number of rotatable bonds is 7. The smallest absolute Gasteiger partial charge is 0.348 e. The fourth-order valence-corrected chi connectivity index (χ4v) is 3.52. The molecule has 1 amide bonds. The molecule has 0 aliphatic rings. The van der Waals surface area contributed by atoms with Crippen molar-refractivity contribution >= 4 is 34.3 Å². The fraction of sp³-hybridized carbons (Fsp3) is 0.286. The highest BCUT2D eigenvalue weighted by atomic mass is 32.1. The van der Waals surface area contributed by atoms with Crippen molar-refractivity contribution in [2.24, 2.45) is 0 Å². The molecule has 8 heteroatoms. The highest BCUT2D eigenvalue weighted by Crippen LogP contribution is 2.33. The summed E-state index contributed by atoms with van der Waals surface area (Å²) >= 11 is 1.02. The van der Waals surface area contributed by atoms with Crippen molar-refractivity contribution in [2.75, 3.05) is 19.5 Å². The maximum absolute atomic E-state index is 12.3. The molecule has 0 saturated carbocycles. The fourth-order valence-electron chi connectivity index (χ4n) is 2.48. The molecular formula is C21H22N2O5S. The first-order valence-corrected chi connectivity index (χ1v) is 9.57. The lowest BCUT2D eigenvalue weighted by Gasteiger charge is -2.07. The van der Waals surface area contributed by atoms with Crippen LogP contribution in [-0.4, -0.2) is 32.2 Å². The Morgan fingerprint density at radius 2 is 1.90 bits per heavy atom. The van der Waals surface area contributed by atoms with Gasteiger partial charge in [0, 0.05) is 6.08 Å². The molecule has 0 aliphatic heterocycles. The van der Waals surface area contributed by atoms with Crippen molar-refractivity contribution in [3.05, 3.63) is 45.8 Å². The molecule has 0 unspecified atom stereocenters. The van der Waals surface area contributed by atoms with E-state index in [2.05, 4.69) is 5.32 Å². The third-order valence-corrected chi connectivity index (χ3v) is 5.05. The molecule has 0 spiro atoms. The van der Waals surface area contributed by atoms with E-state index in [9.17, 15) is 14.9 Å². The van der Waals surface area contributed by atoms with Crippen molar-refractivity contribution in [3.63, 3.8) is 0 Å². The van der Waals surface area contributed by atoms with Crippen LogP contribution in [0, 0.1) is 18.3 Å². The van der Waals surface area contributed by atoms with Gasteiger partial charge in [0.05, 0.1) is 25.9 Å². The third-order valence-electron chi connectivity index (χ3n) is 3.86. The highest BCUT2D eigenvalue weighted by molar-refractivity contribution is 7.18. The Labute approximate surface area is 173 Å². The molecule has 0 aliphatic carbocycles. The molecule has 1 aromatic heterocycles. The predicted octanol–water partition coefficient (Wildman–Crippen LogP) is 4.16. The molecule has 1 N–H and O–H groups in total. The molecular weight excluding hydrogens is 392 g/mol. The summed E-state index contributed by atoms with van der Waals surface area (Å²) in [5.41, 5.74) is 1.47. The second-order valence-corrected chi connectivity index (χ2v) is 7.28. The normalized spacial score (nSPS) is 10.7. The first kappa shape index (κ1) is 22.0. The zero-order chi connectivity index (χ0) is 21.6. The van der Waals surface area contributed by atoms with E-state index in [0.717, 1.165) is 16.9 Å². The van der Waals surface area contributed by atoms with Gasteiger partial charge in [0.1, 0.15) is 15.9 Å². The number of nitrogens with zero attached hydrogens (tertiary/aromatic N) is 1. The molecule has 0 radical (unpaired) electrons. The summed E-state index contributed by atoms with van der Waals surface area (Å²) in [6.45, 7) is 5.14. The number of anilines is 1. The van der Waals surface area contributed by atoms with Crippen LogP contribution in [0.5, 0.6) is 11.5 Å². The molecule has 0 atom stereocenters. The molecule has 2 rings (SSSR count). The summed E-state index contributed by atoms with van der Waals surface area (Å²) < 4.78 is 15.6. The molecule has 7 nitrogen and oxygen atoms in total. The minimum Gasteiger partial charge on any atom is -0.493 e. The van der Waals surface area contributed by atoms with E-state index in [0.29, 0.717) is 26.9 Å². The van der Waals surface area contributed by atoms with E-state index in [1.165, 1.54) is 13.2 Å². The van der Waals surface area contributed by atoms with Crippen LogP contribution in [0.25, 0.3) is 6.08 Å². The van der Waals surface area contributed by atoms with Crippen molar-refractivity contribution < 1.29 is 23.8 Å². The monoisotopic (exact) mass is 414 g/mol. The Kier molecular flexibility index (Phi) is 7.39. The van der Waals surface area contributed by atoms with Gasteiger partial charge < -0.3 is 19.5 Å². The number of carbonyl (C=O) groups excluding carboxylic acids is 2. The van der Waals surface area contributed by atoms with Crippen LogP contribution < -0.4 is 14.8 Å². The van der Waals surface area contributed by atoms with Crippen molar-refractivity contribution in [1.29, 1.82) is 5.26 Å². The minimum absolute atomic E-state index is 0.249. The maximum atomic E-state index is 12.3. The van der Waals surface area contributed by atoms with Gasteiger partial charge in [0.25, 0.3) is 0 Å². The largest absolute Gasteiger partial charge is 0.493 e. The summed E-state index contributed by atoms with van der Waals surface area (Å²) in [6, 6.07) is 7.28. The summed E-state index contributed by atoms with van der Waals surface area (Å²) in [5.74, 6) is 0.188. The van der Waals surface area contributed by atoms with E-state index >= 15 is 0 Å². The summed E-state index contributed by atoms with van der Waals surface area (Å²) in [6.07, 6.45) is 2.67. The van der Waals surface area contributed by atoms with E-state index in [-0.39, 0.29) is 11.7 Å². The molecule has 152 valence electrons. The average molecular weight is 414 g/mol. The first-order valence-electron chi connectivity index (χ1n) is 8.76. The zero-order valence-electron chi connectivity index (χ0n) is 16.9. The first-order chi connectivity index (χ1) is 13.8. The molecule has 1 heterocycles. The summed E-state index contributed by atoms with van der Waals surface area (Å²) in [5, 5.41) is 12.4. The van der Waals surface area contributed by atoms with Crippen LogP contribution in [0.3, 0.4) is 0 Å². The summed E-state index contributed by atoms with van der Waals surface area (Å²) in [4.78, 5) is 24.8. The lowest BCUT2D eigenvalue weighted by Crippen LogP contribution is -2.11. The van der Waals surface area contributed by atoms with E-state index in [1.54, 1.807) is 52.2 Å². The number of esters is 1. The van der Waals surface area contributed by atoms with Crippen LogP contribution in [0.4, 0.5) is 5.00 Å². The number of methoxy groups -OCH3 is 2. The van der Waals surface area contributed by atoms with E-state index in [4.69, 9.17) is 14.2 Å². The number of hydrogen-bond acceptors (Lipinski definition) is 7. The SMILES string of the molecule is COc1ccc(C=CC(=O)Nc2sc(C(=O)OC(C)C)c(C)c2C#N)cc1OC. The maximum Gasteiger partial charge on any atom is 0.348 e. The van der Waals surface area contributed by atoms with Crippen LogP contribution in [0.15, 0.2) is 24.3 Å². The van der Waals surface area contributed by atoms with Crippen LogP contribution in [-0.2, 0) is 9.53 Å². The Balaban J connectivity index is 2.19. The molecule has 0 fully saturated rings. The summed E-state index contributed by atoms with van der Waals surface area (Å²) in [7, 11) is 3.07. The number of amides is 1. The highest BCUT2D eigenvalue weighted by Gasteiger charge is 2.22. The molecule has 0 bridgehead atoms. The van der Waals surface area contributed by atoms with E-state index < -0.39 is 11.9 Å². The van der Waals surface area contributed by atoms with Gasteiger partial charge in [0.15, 0.2) is 11.5 Å². The minimum atomic E-state index is -0.514. The number of nitriles is 1. The van der Waals surface area contributed by atoms with Crippen molar-refractivity contribution in [1.82, 2.24) is 0 Å². The number of carbonyl (C=O) groups is 2. The Hall–Kier alpha value is -3.31. The lowest BCUT2D eigenvalue weighted by molar-refractivity contribution is -0.111. The van der Waals surface area contributed by atoms with Gasteiger partial charge in [-0.25, -0.2) is 4.79 Å². The number of ether oxygens (including phenoxy) is 3. The Morgan fingerprint density at radius 3 is 2.48 bits per heavy atom. The van der Waals surface area contributed by atoms with Crippen LogP contribution in [0.1, 0.15) is 40.2 Å². The topological polar surface area (TPSA) is 97.6 Å². The van der Waals surface area contributed by atoms with Gasteiger partial charge in [-0.05, 0) is 50.1 Å². The Bertz CT molecular complexity index is 986. The van der Waals surface area contributed by atoms with Gasteiger partial charge >= 0.3 is 5.97 Å². The predicted molar refractivity (Wildman–Crippen MR) is 112 cm³/mol. The number of hydrogen-bond donors (Lipinski definition) is 1. The average Bonchev–Trinajstić information content (AvgIpc) is 3.00.